The van der Waals surface area contributed by atoms with E-state index in [2.05, 4.69) is 25.8 Å². The van der Waals surface area contributed by atoms with E-state index in [9.17, 15) is 9.59 Å². The summed E-state index contributed by atoms with van der Waals surface area (Å²) in [5.74, 6) is 1.15. The second kappa shape index (κ2) is 10.3. The highest BCUT2D eigenvalue weighted by atomic mass is 16.5. The molecule has 3 N–H and O–H groups in total. The lowest BCUT2D eigenvalue weighted by atomic mass is 10.2. The smallest absolute Gasteiger partial charge is 0.319 e. The Bertz CT molecular complexity index is 1050. The van der Waals surface area contributed by atoms with Gasteiger partial charge in [-0.1, -0.05) is 30.3 Å². The molecule has 0 saturated carbocycles. The Morgan fingerprint density at radius 2 is 1.78 bits per heavy atom. The van der Waals surface area contributed by atoms with Crippen LogP contribution in [0.1, 0.15) is 6.42 Å². The maximum atomic E-state index is 12.4. The fourth-order valence-electron chi connectivity index (χ4n) is 3.51. The highest BCUT2D eigenvalue weighted by molar-refractivity contribution is 5.92. The van der Waals surface area contributed by atoms with Crippen LogP contribution in [0.2, 0.25) is 0 Å². The van der Waals surface area contributed by atoms with Gasteiger partial charge < -0.3 is 25.6 Å². The van der Waals surface area contributed by atoms with Gasteiger partial charge in [0.05, 0.1) is 0 Å². The molecule has 4 rings (SSSR count). The Hall–Kier alpha value is -4.07. The summed E-state index contributed by atoms with van der Waals surface area (Å²) in [6.45, 7) is 1.43. The third kappa shape index (κ3) is 5.98. The molecule has 0 spiro atoms. The van der Waals surface area contributed by atoms with Gasteiger partial charge in [0, 0.05) is 42.8 Å². The Morgan fingerprint density at radius 3 is 2.59 bits per heavy atom. The van der Waals surface area contributed by atoms with E-state index >= 15 is 0 Å². The molecule has 32 heavy (non-hydrogen) atoms. The summed E-state index contributed by atoms with van der Waals surface area (Å²) < 4.78 is 5.56. The van der Waals surface area contributed by atoms with Gasteiger partial charge in [-0.25, -0.2) is 9.78 Å². The minimum atomic E-state index is -0.281. The fourth-order valence-corrected chi connectivity index (χ4v) is 3.51. The third-order valence-electron chi connectivity index (χ3n) is 5.02. The first-order valence-corrected chi connectivity index (χ1v) is 10.5. The predicted molar refractivity (Wildman–Crippen MR) is 124 cm³/mol. The average Bonchev–Trinajstić information content (AvgIpc) is 3.27. The lowest BCUT2D eigenvalue weighted by Crippen LogP contribution is -2.39. The molecular weight excluding hydrogens is 406 g/mol. The van der Waals surface area contributed by atoms with Gasteiger partial charge in [-0.05, 0) is 42.8 Å². The molecule has 0 radical (unpaired) electrons. The van der Waals surface area contributed by atoms with Crippen molar-refractivity contribution in [2.75, 3.05) is 35.2 Å². The number of aromatic nitrogens is 1. The van der Waals surface area contributed by atoms with Crippen molar-refractivity contribution < 1.29 is 14.3 Å². The molecule has 1 aromatic heterocycles. The molecule has 2 aromatic carbocycles. The van der Waals surface area contributed by atoms with Crippen molar-refractivity contribution in [1.82, 2.24) is 10.3 Å². The summed E-state index contributed by atoms with van der Waals surface area (Å²) in [6.07, 6.45) is 2.62. The van der Waals surface area contributed by atoms with E-state index in [4.69, 9.17) is 4.74 Å². The summed E-state index contributed by atoms with van der Waals surface area (Å²) in [6, 6.07) is 21.7. The molecule has 1 fully saturated rings. The molecule has 2 heterocycles. The number of urea groups is 1. The third-order valence-corrected chi connectivity index (χ3v) is 5.02. The molecule has 1 atom stereocenters. The van der Waals surface area contributed by atoms with Crippen molar-refractivity contribution in [2.45, 2.75) is 12.5 Å². The Labute approximate surface area is 186 Å². The first-order valence-electron chi connectivity index (χ1n) is 10.5. The summed E-state index contributed by atoms with van der Waals surface area (Å²) in [4.78, 5) is 31.0. The largest absolute Gasteiger partial charge is 0.484 e. The van der Waals surface area contributed by atoms with Gasteiger partial charge in [0.15, 0.2) is 6.61 Å². The van der Waals surface area contributed by atoms with Crippen LogP contribution < -0.4 is 25.6 Å². The topological polar surface area (TPSA) is 95.6 Å². The van der Waals surface area contributed by atoms with Crippen LogP contribution in [0, 0.1) is 0 Å². The minimum Gasteiger partial charge on any atom is -0.484 e. The Kier molecular flexibility index (Phi) is 6.81. The van der Waals surface area contributed by atoms with Gasteiger partial charge in [-0.2, -0.15) is 0 Å². The number of carbonyl (C=O) groups is 2. The first-order chi connectivity index (χ1) is 15.7. The summed E-state index contributed by atoms with van der Waals surface area (Å²) in [5, 5.41) is 8.59. The second-order valence-electron chi connectivity index (χ2n) is 7.45. The van der Waals surface area contributed by atoms with Crippen LogP contribution in [0.15, 0.2) is 79.0 Å². The monoisotopic (exact) mass is 431 g/mol. The number of ether oxygens (including phenoxy) is 1. The summed E-state index contributed by atoms with van der Waals surface area (Å²) >= 11 is 0. The molecule has 1 saturated heterocycles. The molecule has 3 aromatic rings. The van der Waals surface area contributed by atoms with Gasteiger partial charge in [0.25, 0.3) is 5.91 Å². The van der Waals surface area contributed by atoms with Crippen molar-refractivity contribution in [3.8, 4) is 5.75 Å². The van der Waals surface area contributed by atoms with Gasteiger partial charge in [-0.15, -0.1) is 0 Å². The standard InChI is InChI=1S/C24H25N5O3/c30-23(26-18-7-2-1-3-8-18)17-32-21-10-6-9-19(15-21)27-24(31)28-20-12-14-29(16-20)22-11-4-5-13-25-22/h1-11,13,15,20H,12,14,16-17H2,(H,26,30)(H2,27,28,31). The number of rotatable bonds is 7. The Morgan fingerprint density at radius 1 is 0.969 bits per heavy atom. The predicted octanol–water partition coefficient (Wildman–Crippen LogP) is 3.50. The zero-order valence-electron chi connectivity index (χ0n) is 17.5. The summed E-state index contributed by atoms with van der Waals surface area (Å²) in [5.41, 5.74) is 1.30. The SMILES string of the molecule is O=C(COc1cccc(NC(=O)NC2CCN(c3ccccn3)C2)c1)Nc1ccccc1. The maximum absolute atomic E-state index is 12.4. The molecule has 164 valence electrons. The minimum absolute atomic E-state index is 0.0399. The van der Waals surface area contributed by atoms with E-state index in [1.807, 2.05) is 36.4 Å². The van der Waals surface area contributed by atoms with Crippen LogP contribution in [-0.2, 0) is 4.79 Å². The lowest BCUT2D eigenvalue weighted by Gasteiger charge is -2.18. The van der Waals surface area contributed by atoms with Crippen molar-refractivity contribution >= 4 is 29.1 Å². The van der Waals surface area contributed by atoms with E-state index in [1.165, 1.54) is 0 Å². The van der Waals surface area contributed by atoms with Crippen molar-refractivity contribution in [1.29, 1.82) is 0 Å². The fraction of sp³-hybridized carbons (Fsp3) is 0.208. The maximum Gasteiger partial charge on any atom is 0.319 e. The molecule has 0 aliphatic carbocycles. The highest BCUT2D eigenvalue weighted by Gasteiger charge is 2.24. The van der Waals surface area contributed by atoms with E-state index in [1.54, 1.807) is 42.6 Å². The van der Waals surface area contributed by atoms with Crippen LogP contribution >= 0.6 is 0 Å². The first kappa shape index (κ1) is 21.2. The number of nitrogens with zero attached hydrogens (tertiary/aromatic N) is 2. The molecular formula is C24H25N5O3. The van der Waals surface area contributed by atoms with E-state index in [0.717, 1.165) is 18.8 Å². The molecule has 3 amide bonds. The van der Waals surface area contributed by atoms with Gasteiger partial charge in [-0.3, -0.25) is 4.79 Å². The molecule has 1 aliphatic rings. The highest BCUT2D eigenvalue weighted by Crippen LogP contribution is 2.19. The van der Waals surface area contributed by atoms with Crippen LogP contribution in [0.25, 0.3) is 0 Å². The van der Waals surface area contributed by atoms with Crippen LogP contribution in [0.4, 0.5) is 22.0 Å². The van der Waals surface area contributed by atoms with Crippen molar-refractivity contribution in [3.05, 3.63) is 79.0 Å². The number of hydrogen-bond acceptors (Lipinski definition) is 5. The molecule has 0 bridgehead atoms. The normalized spacial score (nSPS) is 15.1. The lowest BCUT2D eigenvalue weighted by molar-refractivity contribution is -0.118. The van der Waals surface area contributed by atoms with Crippen LogP contribution in [0.3, 0.4) is 0 Å². The van der Waals surface area contributed by atoms with E-state index in [-0.39, 0.29) is 24.6 Å². The molecule has 8 nitrogen and oxygen atoms in total. The van der Waals surface area contributed by atoms with Crippen LogP contribution in [0.5, 0.6) is 5.75 Å². The average molecular weight is 431 g/mol. The number of hydrogen-bond donors (Lipinski definition) is 3. The van der Waals surface area contributed by atoms with E-state index < -0.39 is 0 Å². The zero-order valence-corrected chi connectivity index (χ0v) is 17.5. The molecule has 1 unspecified atom stereocenters. The quantitative estimate of drug-likeness (QED) is 0.532. The zero-order chi connectivity index (χ0) is 22.2. The van der Waals surface area contributed by atoms with Crippen molar-refractivity contribution in [3.63, 3.8) is 0 Å². The van der Waals surface area contributed by atoms with Crippen molar-refractivity contribution in [2.24, 2.45) is 0 Å². The number of amides is 3. The number of benzene rings is 2. The number of pyridine rings is 1. The second-order valence-corrected chi connectivity index (χ2v) is 7.45. The Balaban J connectivity index is 1.24. The summed E-state index contributed by atoms with van der Waals surface area (Å²) in [7, 11) is 0. The van der Waals surface area contributed by atoms with Gasteiger partial charge in [0.1, 0.15) is 11.6 Å². The van der Waals surface area contributed by atoms with E-state index in [0.29, 0.717) is 23.7 Å². The van der Waals surface area contributed by atoms with Gasteiger partial charge >= 0.3 is 6.03 Å². The number of nitrogens with one attached hydrogen (secondary N) is 3. The van der Waals surface area contributed by atoms with Gasteiger partial charge in [0.2, 0.25) is 0 Å². The number of para-hydroxylation sites is 1. The number of anilines is 3. The number of carbonyl (C=O) groups excluding carboxylic acids is 2. The molecule has 1 aliphatic heterocycles. The van der Waals surface area contributed by atoms with Crippen LogP contribution in [-0.4, -0.2) is 42.7 Å². The molecule has 8 heteroatoms.